The van der Waals surface area contributed by atoms with Crippen LogP contribution >= 0.6 is 0 Å². The van der Waals surface area contributed by atoms with Gasteiger partial charge in [-0.3, -0.25) is 5.32 Å². The Morgan fingerprint density at radius 2 is 1.00 bits per heavy atom. The summed E-state index contributed by atoms with van der Waals surface area (Å²) in [5.41, 5.74) is 0. The van der Waals surface area contributed by atoms with E-state index in [0.717, 1.165) is 12.8 Å². The Morgan fingerprint density at radius 1 is 0.591 bits per heavy atom. The summed E-state index contributed by atoms with van der Waals surface area (Å²) in [6.07, 6.45) is 17.7. The molecular weight excluding hydrogens is 274 g/mol. The molecule has 0 rings (SSSR count). The van der Waals surface area contributed by atoms with Crippen LogP contribution in [0.15, 0.2) is 0 Å². The molecular formula is C19H41NO2. The van der Waals surface area contributed by atoms with Gasteiger partial charge in [-0.15, -0.1) is 0 Å². The lowest BCUT2D eigenvalue weighted by Crippen LogP contribution is -2.37. The van der Waals surface area contributed by atoms with Gasteiger partial charge < -0.3 is 10.2 Å². The van der Waals surface area contributed by atoms with Gasteiger partial charge in [-0.1, -0.05) is 90.9 Å². The summed E-state index contributed by atoms with van der Waals surface area (Å²) < 4.78 is 0. The van der Waals surface area contributed by atoms with Crippen LogP contribution in [0.4, 0.5) is 0 Å². The van der Waals surface area contributed by atoms with Crippen LogP contribution in [0, 0.1) is 0 Å². The minimum Gasteiger partial charge on any atom is -0.379 e. The molecule has 0 heterocycles. The molecule has 0 saturated carbocycles. The van der Waals surface area contributed by atoms with Gasteiger partial charge in [0.2, 0.25) is 0 Å². The molecule has 2 unspecified atom stereocenters. The van der Waals surface area contributed by atoms with Crippen LogP contribution in [-0.4, -0.2) is 22.7 Å². The van der Waals surface area contributed by atoms with E-state index < -0.39 is 12.5 Å². The van der Waals surface area contributed by atoms with Crippen molar-refractivity contribution in [1.82, 2.24) is 5.32 Å². The van der Waals surface area contributed by atoms with Crippen molar-refractivity contribution in [2.24, 2.45) is 0 Å². The first kappa shape index (κ1) is 21.9. The standard InChI is InChI=1S/C19H41NO2/c1-3-5-6-7-8-9-10-11-12-13-14-15-16-17-19(22)20-18(21)4-2/h18-22H,3-17H2,1-2H3. The highest BCUT2D eigenvalue weighted by Gasteiger charge is 2.07. The Morgan fingerprint density at radius 3 is 1.41 bits per heavy atom. The number of aliphatic hydroxyl groups excluding tert-OH is 2. The van der Waals surface area contributed by atoms with Crippen LogP contribution in [0.5, 0.6) is 0 Å². The first-order valence-corrected chi connectivity index (χ1v) is 9.82. The second kappa shape index (κ2) is 17.2. The number of unbranched alkanes of at least 4 members (excludes halogenated alkanes) is 12. The zero-order valence-electron chi connectivity index (χ0n) is 15.2. The molecule has 0 fully saturated rings. The predicted molar refractivity (Wildman–Crippen MR) is 95.8 cm³/mol. The molecule has 0 aliphatic rings. The molecule has 22 heavy (non-hydrogen) atoms. The van der Waals surface area contributed by atoms with Gasteiger partial charge >= 0.3 is 0 Å². The fourth-order valence-corrected chi connectivity index (χ4v) is 2.78. The van der Waals surface area contributed by atoms with Gasteiger partial charge in [0, 0.05) is 0 Å². The third-order valence-electron chi connectivity index (χ3n) is 4.35. The summed E-state index contributed by atoms with van der Waals surface area (Å²) in [7, 11) is 0. The van der Waals surface area contributed by atoms with Gasteiger partial charge in [-0.05, 0) is 19.3 Å². The zero-order valence-corrected chi connectivity index (χ0v) is 15.2. The van der Waals surface area contributed by atoms with Crippen molar-refractivity contribution in [3.63, 3.8) is 0 Å². The highest BCUT2D eigenvalue weighted by atomic mass is 16.3. The van der Waals surface area contributed by atoms with Crippen molar-refractivity contribution >= 4 is 0 Å². The number of nitrogens with one attached hydrogen (secondary N) is 1. The molecule has 0 aliphatic heterocycles. The normalized spacial score (nSPS) is 14.2. The lowest BCUT2D eigenvalue weighted by molar-refractivity contribution is 0.0348. The van der Waals surface area contributed by atoms with Gasteiger partial charge in [0.1, 0.15) is 12.5 Å². The molecule has 0 saturated heterocycles. The lowest BCUT2D eigenvalue weighted by Gasteiger charge is -2.16. The number of hydrogen-bond donors (Lipinski definition) is 3. The maximum atomic E-state index is 9.66. The SMILES string of the molecule is CCCCCCCCCCCCCCCC(O)NC(O)CC. The molecule has 0 aliphatic carbocycles. The van der Waals surface area contributed by atoms with Gasteiger partial charge in [0.15, 0.2) is 0 Å². The van der Waals surface area contributed by atoms with Crippen LogP contribution in [0.3, 0.4) is 0 Å². The molecule has 3 N–H and O–H groups in total. The van der Waals surface area contributed by atoms with E-state index in [1.165, 1.54) is 77.0 Å². The van der Waals surface area contributed by atoms with E-state index in [1.807, 2.05) is 6.92 Å². The molecule has 3 nitrogen and oxygen atoms in total. The highest BCUT2D eigenvalue weighted by Crippen LogP contribution is 2.13. The van der Waals surface area contributed by atoms with Crippen molar-refractivity contribution < 1.29 is 10.2 Å². The summed E-state index contributed by atoms with van der Waals surface area (Å²) in [6.45, 7) is 4.17. The largest absolute Gasteiger partial charge is 0.379 e. The van der Waals surface area contributed by atoms with Crippen molar-refractivity contribution in [3.8, 4) is 0 Å². The zero-order chi connectivity index (χ0) is 16.5. The molecule has 3 heteroatoms. The molecule has 2 atom stereocenters. The van der Waals surface area contributed by atoms with Gasteiger partial charge in [-0.2, -0.15) is 0 Å². The van der Waals surface area contributed by atoms with Crippen molar-refractivity contribution in [1.29, 1.82) is 0 Å². The topological polar surface area (TPSA) is 52.5 Å². The average Bonchev–Trinajstić information content (AvgIpc) is 2.51. The number of hydrogen-bond acceptors (Lipinski definition) is 3. The Bertz CT molecular complexity index is 212. The maximum absolute atomic E-state index is 9.66. The Balaban J connectivity index is 3.11. The Kier molecular flexibility index (Phi) is 17.1. The summed E-state index contributed by atoms with van der Waals surface area (Å²) in [4.78, 5) is 0. The first-order valence-electron chi connectivity index (χ1n) is 9.82. The third-order valence-corrected chi connectivity index (χ3v) is 4.35. The average molecular weight is 316 g/mol. The summed E-state index contributed by atoms with van der Waals surface area (Å²) in [5.74, 6) is 0. The highest BCUT2D eigenvalue weighted by molar-refractivity contribution is 4.57. The van der Waals surface area contributed by atoms with Crippen LogP contribution in [0.1, 0.15) is 110 Å². The molecule has 0 aromatic rings. The minimum atomic E-state index is -0.572. The third kappa shape index (κ3) is 16.3. The molecule has 0 spiro atoms. The molecule has 0 aromatic carbocycles. The Hall–Kier alpha value is -0.120. The van der Waals surface area contributed by atoms with Crippen molar-refractivity contribution in [2.45, 2.75) is 123 Å². The molecule has 0 amide bonds. The quantitative estimate of drug-likeness (QED) is 0.258. The molecule has 0 aromatic heterocycles. The fraction of sp³-hybridized carbons (Fsp3) is 1.00. The fourth-order valence-electron chi connectivity index (χ4n) is 2.78. The van der Waals surface area contributed by atoms with E-state index in [9.17, 15) is 10.2 Å². The van der Waals surface area contributed by atoms with Gasteiger partial charge in [0.05, 0.1) is 0 Å². The molecule has 134 valence electrons. The van der Waals surface area contributed by atoms with E-state index >= 15 is 0 Å². The monoisotopic (exact) mass is 315 g/mol. The molecule has 0 radical (unpaired) electrons. The van der Waals surface area contributed by atoms with Gasteiger partial charge in [-0.25, -0.2) is 0 Å². The number of aliphatic hydroxyl groups is 2. The second-order valence-electron chi connectivity index (χ2n) is 6.64. The number of rotatable bonds is 17. The molecule has 0 bridgehead atoms. The maximum Gasteiger partial charge on any atom is 0.106 e. The lowest BCUT2D eigenvalue weighted by atomic mass is 10.0. The Labute approximate surface area is 138 Å². The first-order chi connectivity index (χ1) is 10.7. The van der Waals surface area contributed by atoms with Crippen LogP contribution < -0.4 is 5.32 Å². The van der Waals surface area contributed by atoms with Crippen LogP contribution in [0.2, 0.25) is 0 Å². The predicted octanol–water partition coefficient (Wildman–Crippen LogP) is 5.10. The van der Waals surface area contributed by atoms with E-state index in [4.69, 9.17) is 0 Å². The summed E-state index contributed by atoms with van der Waals surface area (Å²) in [5, 5.41) is 21.8. The van der Waals surface area contributed by atoms with Crippen LogP contribution in [0.25, 0.3) is 0 Å². The minimum absolute atomic E-state index is 0.553. The summed E-state index contributed by atoms with van der Waals surface area (Å²) >= 11 is 0. The van der Waals surface area contributed by atoms with Crippen molar-refractivity contribution in [3.05, 3.63) is 0 Å². The van der Waals surface area contributed by atoms with E-state index in [1.54, 1.807) is 0 Å². The van der Waals surface area contributed by atoms with Crippen molar-refractivity contribution in [2.75, 3.05) is 0 Å². The van der Waals surface area contributed by atoms with Crippen LogP contribution in [-0.2, 0) is 0 Å². The van der Waals surface area contributed by atoms with E-state index in [-0.39, 0.29) is 0 Å². The summed E-state index contributed by atoms with van der Waals surface area (Å²) in [6, 6.07) is 0. The van der Waals surface area contributed by atoms with Gasteiger partial charge in [0.25, 0.3) is 0 Å². The second-order valence-corrected chi connectivity index (χ2v) is 6.64. The van der Waals surface area contributed by atoms with E-state index in [0.29, 0.717) is 6.42 Å². The van der Waals surface area contributed by atoms with E-state index in [2.05, 4.69) is 12.2 Å². The smallest absolute Gasteiger partial charge is 0.106 e.